The monoisotopic (exact) mass is 269 g/mol. The summed E-state index contributed by atoms with van der Waals surface area (Å²) in [4.78, 5) is 35.8. The summed E-state index contributed by atoms with van der Waals surface area (Å²) in [5.74, 6) is -1.24. The van der Waals surface area contributed by atoms with Crippen molar-refractivity contribution in [1.29, 1.82) is 0 Å². The second-order valence-corrected chi connectivity index (χ2v) is 5.62. The second kappa shape index (κ2) is 5.16. The summed E-state index contributed by atoms with van der Waals surface area (Å²) in [6, 6.07) is -0.261. The highest BCUT2D eigenvalue weighted by atomic mass is 16.4. The van der Waals surface area contributed by atoms with Crippen molar-refractivity contribution in [3.05, 3.63) is 0 Å². The molecule has 7 heteroatoms. The molecule has 1 aliphatic carbocycles. The first-order valence-electron chi connectivity index (χ1n) is 6.45. The molecule has 106 valence electrons. The van der Waals surface area contributed by atoms with Gasteiger partial charge in [0.15, 0.2) is 0 Å². The molecule has 2 rings (SSSR count). The fraction of sp³-hybridized carbons (Fsp3) is 0.750. The molecule has 7 nitrogen and oxygen atoms in total. The number of carbonyl (C=O) groups excluding carboxylic acids is 2. The fourth-order valence-electron chi connectivity index (χ4n) is 2.18. The Labute approximate surface area is 111 Å². The summed E-state index contributed by atoms with van der Waals surface area (Å²) in [5.41, 5.74) is -0.795. The van der Waals surface area contributed by atoms with E-state index in [1.54, 1.807) is 11.8 Å². The average molecular weight is 269 g/mol. The largest absolute Gasteiger partial charge is 0.481 e. The van der Waals surface area contributed by atoms with Crippen molar-refractivity contribution in [2.24, 2.45) is 5.41 Å². The standard InChI is InChI=1S/C12H19N3O4/c1-12(10(17)18)4-5-15(7-12)6-9(16)14-11(19)13-8-2-3-8/h8H,2-7H2,1H3,(H,17,18)(H2,13,14,16,19). The number of imide groups is 1. The number of carbonyl (C=O) groups is 3. The van der Waals surface area contributed by atoms with E-state index < -0.39 is 23.3 Å². The van der Waals surface area contributed by atoms with E-state index in [9.17, 15) is 14.4 Å². The Morgan fingerprint density at radius 3 is 2.58 bits per heavy atom. The van der Waals surface area contributed by atoms with Gasteiger partial charge >= 0.3 is 12.0 Å². The molecule has 1 atom stereocenters. The van der Waals surface area contributed by atoms with Crippen LogP contribution in [-0.4, -0.2) is 53.6 Å². The Bertz CT molecular complexity index is 408. The van der Waals surface area contributed by atoms with E-state index in [4.69, 9.17) is 5.11 Å². The van der Waals surface area contributed by atoms with E-state index in [2.05, 4.69) is 10.6 Å². The number of carboxylic acid groups (broad SMARTS) is 1. The van der Waals surface area contributed by atoms with Gasteiger partial charge in [-0.1, -0.05) is 0 Å². The zero-order valence-corrected chi connectivity index (χ0v) is 10.9. The van der Waals surface area contributed by atoms with Gasteiger partial charge in [0.05, 0.1) is 12.0 Å². The van der Waals surface area contributed by atoms with Gasteiger partial charge in [-0.15, -0.1) is 0 Å². The number of hydrogen-bond donors (Lipinski definition) is 3. The second-order valence-electron chi connectivity index (χ2n) is 5.62. The topological polar surface area (TPSA) is 98.7 Å². The van der Waals surface area contributed by atoms with Crippen molar-refractivity contribution in [1.82, 2.24) is 15.5 Å². The Morgan fingerprint density at radius 2 is 2.05 bits per heavy atom. The summed E-state index contributed by atoms with van der Waals surface area (Å²) < 4.78 is 0. The number of nitrogens with one attached hydrogen (secondary N) is 2. The highest BCUT2D eigenvalue weighted by Crippen LogP contribution is 2.29. The van der Waals surface area contributed by atoms with Crippen LogP contribution in [0.4, 0.5) is 4.79 Å². The van der Waals surface area contributed by atoms with Crippen LogP contribution in [-0.2, 0) is 9.59 Å². The van der Waals surface area contributed by atoms with E-state index in [0.29, 0.717) is 19.5 Å². The summed E-state index contributed by atoms with van der Waals surface area (Å²) in [6.45, 7) is 2.62. The lowest BCUT2D eigenvalue weighted by molar-refractivity contribution is -0.147. The van der Waals surface area contributed by atoms with E-state index in [1.165, 1.54) is 0 Å². The molecule has 3 N–H and O–H groups in total. The van der Waals surface area contributed by atoms with Crippen molar-refractivity contribution in [3.63, 3.8) is 0 Å². The minimum Gasteiger partial charge on any atom is -0.481 e. The summed E-state index contributed by atoms with van der Waals surface area (Å²) in [6.07, 6.45) is 2.44. The van der Waals surface area contributed by atoms with Crippen LogP contribution in [0.25, 0.3) is 0 Å². The molecule has 1 saturated carbocycles. The van der Waals surface area contributed by atoms with Gasteiger partial charge in [-0.2, -0.15) is 0 Å². The quantitative estimate of drug-likeness (QED) is 0.655. The predicted octanol–water partition coefficient (Wildman–Crippen LogP) is -0.229. The summed E-state index contributed by atoms with van der Waals surface area (Å²) in [5, 5.41) is 14.0. The molecular weight excluding hydrogens is 250 g/mol. The number of urea groups is 1. The fourth-order valence-corrected chi connectivity index (χ4v) is 2.18. The molecule has 0 bridgehead atoms. The lowest BCUT2D eigenvalue weighted by atomic mass is 9.90. The lowest BCUT2D eigenvalue weighted by Gasteiger charge is -2.19. The van der Waals surface area contributed by atoms with Crippen LogP contribution >= 0.6 is 0 Å². The van der Waals surface area contributed by atoms with Gasteiger partial charge in [0.2, 0.25) is 5.91 Å². The molecule has 0 aromatic carbocycles. The first-order chi connectivity index (χ1) is 8.89. The van der Waals surface area contributed by atoms with E-state index in [0.717, 1.165) is 12.8 Å². The number of aliphatic carboxylic acids is 1. The van der Waals surface area contributed by atoms with Crippen molar-refractivity contribution < 1.29 is 19.5 Å². The van der Waals surface area contributed by atoms with Crippen LogP contribution in [0.2, 0.25) is 0 Å². The molecule has 1 unspecified atom stereocenters. The van der Waals surface area contributed by atoms with Crippen molar-refractivity contribution in [2.45, 2.75) is 32.2 Å². The lowest BCUT2D eigenvalue weighted by Crippen LogP contribution is -2.45. The van der Waals surface area contributed by atoms with Gasteiger partial charge in [-0.25, -0.2) is 4.79 Å². The van der Waals surface area contributed by atoms with E-state index in [-0.39, 0.29) is 12.6 Å². The zero-order chi connectivity index (χ0) is 14.0. The van der Waals surface area contributed by atoms with Crippen LogP contribution in [0.15, 0.2) is 0 Å². The van der Waals surface area contributed by atoms with Crippen LogP contribution in [0.3, 0.4) is 0 Å². The Hall–Kier alpha value is -1.63. The average Bonchev–Trinajstić information content (AvgIpc) is 3.01. The predicted molar refractivity (Wildman–Crippen MR) is 66.5 cm³/mol. The van der Waals surface area contributed by atoms with Crippen LogP contribution in [0.5, 0.6) is 0 Å². The van der Waals surface area contributed by atoms with Crippen LogP contribution < -0.4 is 10.6 Å². The van der Waals surface area contributed by atoms with Gasteiger partial charge in [0.1, 0.15) is 0 Å². The molecule has 2 aliphatic rings. The third kappa shape index (κ3) is 3.66. The van der Waals surface area contributed by atoms with Crippen molar-refractivity contribution in [2.75, 3.05) is 19.6 Å². The minimum absolute atomic E-state index is 0.0565. The smallest absolute Gasteiger partial charge is 0.321 e. The highest BCUT2D eigenvalue weighted by Gasteiger charge is 2.40. The molecule has 1 saturated heterocycles. The van der Waals surface area contributed by atoms with Crippen LogP contribution in [0.1, 0.15) is 26.2 Å². The van der Waals surface area contributed by atoms with E-state index in [1.807, 2.05) is 0 Å². The van der Waals surface area contributed by atoms with Crippen molar-refractivity contribution >= 4 is 17.9 Å². The maximum atomic E-state index is 11.6. The Morgan fingerprint density at radius 1 is 1.37 bits per heavy atom. The van der Waals surface area contributed by atoms with E-state index >= 15 is 0 Å². The number of rotatable bonds is 4. The molecule has 1 aliphatic heterocycles. The highest BCUT2D eigenvalue weighted by molar-refractivity contribution is 5.95. The number of amides is 3. The van der Waals surface area contributed by atoms with Gasteiger partial charge in [0, 0.05) is 12.6 Å². The molecule has 0 aromatic rings. The third-order valence-corrected chi connectivity index (χ3v) is 3.60. The molecular formula is C12H19N3O4. The maximum Gasteiger partial charge on any atom is 0.321 e. The number of hydrogen-bond acceptors (Lipinski definition) is 4. The van der Waals surface area contributed by atoms with Crippen LogP contribution in [0, 0.1) is 5.41 Å². The first kappa shape index (κ1) is 13.8. The number of likely N-dealkylation sites (tertiary alicyclic amines) is 1. The SMILES string of the molecule is CC1(C(=O)O)CCN(CC(=O)NC(=O)NC2CC2)C1. The number of nitrogens with zero attached hydrogens (tertiary/aromatic N) is 1. The van der Waals surface area contributed by atoms with Crippen molar-refractivity contribution in [3.8, 4) is 0 Å². The normalized spacial score (nSPS) is 27.0. The Kier molecular flexibility index (Phi) is 3.75. The molecule has 2 fully saturated rings. The zero-order valence-electron chi connectivity index (χ0n) is 10.9. The number of carboxylic acids is 1. The molecule has 0 spiro atoms. The van der Waals surface area contributed by atoms with Gasteiger partial charge < -0.3 is 10.4 Å². The summed E-state index contributed by atoms with van der Waals surface area (Å²) in [7, 11) is 0. The van der Waals surface area contributed by atoms with Gasteiger partial charge in [-0.3, -0.25) is 19.8 Å². The van der Waals surface area contributed by atoms with Gasteiger partial charge in [0.25, 0.3) is 0 Å². The maximum absolute atomic E-state index is 11.6. The molecule has 0 aromatic heterocycles. The van der Waals surface area contributed by atoms with Gasteiger partial charge in [-0.05, 0) is 32.7 Å². The minimum atomic E-state index is -0.845. The summed E-state index contributed by atoms with van der Waals surface area (Å²) >= 11 is 0. The molecule has 19 heavy (non-hydrogen) atoms. The third-order valence-electron chi connectivity index (χ3n) is 3.60. The Balaban J connectivity index is 1.74. The molecule has 3 amide bonds. The molecule has 1 heterocycles. The molecule has 0 radical (unpaired) electrons. The first-order valence-corrected chi connectivity index (χ1v) is 6.45.